The fraction of sp³-hybridized carbons (Fsp3) is 0.714. The van der Waals surface area contributed by atoms with Crippen molar-refractivity contribution in [2.45, 2.75) is 24.8 Å². The van der Waals surface area contributed by atoms with E-state index < -0.39 is 0 Å². The molecule has 0 bridgehead atoms. The molecule has 2 aliphatic rings. The highest BCUT2D eigenvalue weighted by molar-refractivity contribution is 5.82. The summed E-state index contributed by atoms with van der Waals surface area (Å²) in [6, 6.07) is 0. The maximum atomic E-state index is 11.1. The van der Waals surface area contributed by atoms with Crippen LogP contribution in [-0.4, -0.2) is 29.3 Å². The molecular weight excluding hydrogens is 144 g/mol. The number of hydrogen-bond donors (Lipinski definition) is 1. The third-order valence-corrected chi connectivity index (χ3v) is 2.27. The lowest BCUT2D eigenvalue weighted by atomic mass is 10.2. The summed E-state index contributed by atoms with van der Waals surface area (Å²) in [5.41, 5.74) is 3.10. The van der Waals surface area contributed by atoms with Gasteiger partial charge in [-0.1, -0.05) is 0 Å². The first-order chi connectivity index (χ1) is 5.26. The van der Waals surface area contributed by atoms with E-state index in [0.717, 1.165) is 19.1 Å². The molecule has 1 aliphatic carbocycles. The molecule has 2 fully saturated rings. The zero-order valence-corrected chi connectivity index (χ0v) is 6.17. The molecule has 0 atom stereocenters. The van der Waals surface area contributed by atoms with Crippen molar-refractivity contribution in [3.05, 3.63) is 0 Å². The van der Waals surface area contributed by atoms with Gasteiger partial charge in [0.05, 0.1) is 6.54 Å². The standard InChI is InChI=1S/C7H10N2O2/c10-4-3-9-6(11)5-7(8-9)1-2-7/h4,8H,1-3,5H2. The quantitative estimate of drug-likeness (QED) is 0.543. The second-order valence-corrected chi connectivity index (χ2v) is 3.24. The molecule has 11 heavy (non-hydrogen) atoms. The minimum Gasteiger partial charge on any atom is -0.301 e. The predicted octanol–water partition coefficient (Wildman–Crippen LogP) is -0.545. The summed E-state index contributed by atoms with van der Waals surface area (Å²) in [4.78, 5) is 21.2. The molecule has 0 aromatic carbocycles. The number of rotatable bonds is 2. The van der Waals surface area contributed by atoms with Gasteiger partial charge in [-0.2, -0.15) is 0 Å². The van der Waals surface area contributed by atoms with Crippen LogP contribution in [0.5, 0.6) is 0 Å². The van der Waals surface area contributed by atoms with Gasteiger partial charge in [-0.3, -0.25) is 9.80 Å². The van der Waals surface area contributed by atoms with Crippen LogP contribution in [0.15, 0.2) is 0 Å². The van der Waals surface area contributed by atoms with Crippen molar-refractivity contribution in [1.29, 1.82) is 0 Å². The van der Waals surface area contributed by atoms with Crippen molar-refractivity contribution in [3.8, 4) is 0 Å². The number of aldehydes is 1. The smallest absolute Gasteiger partial charge is 0.239 e. The Balaban J connectivity index is 2.02. The van der Waals surface area contributed by atoms with Gasteiger partial charge in [0.15, 0.2) is 0 Å². The fourth-order valence-electron chi connectivity index (χ4n) is 1.43. The number of hydrogen-bond acceptors (Lipinski definition) is 3. The van der Waals surface area contributed by atoms with Crippen LogP contribution in [0.1, 0.15) is 19.3 Å². The van der Waals surface area contributed by atoms with Crippen molar-refractivity contribution in [2.24, 2.45) is 0 Å². The summed E-state index contributed by atoms with van der Waals surface area (Å²) in [7, 11) is 0. The predicted molar refractivity (Wildman–Crippen MR) is 37.5 cm³/mol. The van der Waals surface area contributed by atoms with E-state index in [0.29, 0.717) is 6.42 Å². The lowest BCUT2D eigenvalue weighted by Gasteiger charge is -2.13. The maximum absolute atomic E-state index is 11.1. The van der Waals surface area contributed by atoms with E-state index in [2.05, 4.69) is 5.43 Å². The first kappa shape index (κ1) is 6.79. The van der Waals surface area contributed by atoms with Crippen molar-refractivity contribution < 1.29 is 9.59 Å². The van der Waals surface area contributed by atoms with Crippen LogP contribution in [0.25, 0.3) is 0 Å². The Hall–Kier alpha value is -0.900. The monoisotopic (exact) mass is 154 g/mol. The summed E-state index contributed by atoms with van der Waals surface area (Å²) < 4.78 is 0. The summed E-state index contributed by atoms with van der Waals surface area (Å²) in [6.45, 7) is 0.181. The van der Waals surface area contributed by atoms with Crippen LogP contribution in [0.4, 0.5) is 0 Å². The minimum absolute atomic E-state index is 0.0506. The van der Waals surface area contributed by atoms with E-state index in [1.54, 1.807) is 0 Å². The number of carbonyl (C=O) groups is 2. The number of hydrazine groups is 1. The second-order valence-electron chi connectivity index (χ2n) is 3.24. The minimum atomic E-state index is 0.0506. The van der Waals surface area contributed by atoms with Crippen LogP contribution < -0.4 is 5.43 Å². The third kappa shape index (κ3) is 1.03. The fourth-order valence-corrected chi connectivity index (χ4v) is 1.43. The SMILES string of the molecule is O=CCN1NC2(CC2)CC1=O. The van der Waals surface area contributed by atoms with E-state index in [9.17, 15) is 9.59 Å². The van der Waals surface area contributed by atoms with Gasteiger partial charge in [0.1, 0.15) is 6.29 Å². The molecule has 0 radical (unpaired) electrons. The number of carbonyl (C=O) groups excluding carboxylic acids is 2. The average Bonchev–Trinajstić information content (AvgIpc) is 2.61. The van der Waals surface area contributed by atoms with E-state index in [1.807, 2.05) is 0 Å². The number of nitrogens with one attached hydrogen (secondary N) is 1. The lowest BCUT2D eigenvalue weighted by Crippen LogP contribution is -2.39. The Labute approximate surface area is 64.5 Å². The molecule has 0 aromatic heterocycles. The molecule has 1 aliphatic heterocycles. The first-order valence-corrected chi connectivity index (χ1v) is 3.78. The Morgan fingerprint density at radius 3 is 2.82 bits per heavy atom. The molecule has 0 aromatic rings. The Bertz CT molecular complexity index is 210. The topological polar surface area (TPSA) is 49.4 Å². The molecular formula is C7H10N2O2. The highest BCUT2D eigenvalue weighted by atomic mass is 16.2. The van der Waals surface area contributed by atoms with Crippen LogP contribution in [0, 0.1) is 0 Å². The van der Waals surface area contributed by atoms with Gasteiger partial charge in [-0.25, -0.2) is 5.43 Å². The molecule has 2 rings (SSSR count). The van der Waals surface area contributed by atoms with Crippen LogP contribution in [0.3, 0.4) is 0 Å². The van der Waals surface area contributed by atoms with Gasteiger partial charge in [0.25, 0.3) is 0 Å². The molecule has 1 amide bonds. The number of nitrogens with zero attached hydrogens (tertiary/aromatic N) is 1. The Morgan fingerprint density at radius 1 is 1.64 bits per heavy atom. The summed E-state index contributed by atoms with van der Waals surface area (Å²) in [6.07, 6.45) is 3.44. The lowest BCUT2D eigenvalue weighted by molar-refractivity contribution is -0.131. The normalized spacial score (nSPS) is 26.2. The molecule has 4 heteroatoms. The van der Waals surface area contributed by atoms with Gasteiger partial charge < -0.3 is 4.79 Å². The van der Waals surface area contributed by atoms with E-state index in [4.69, 9.17) is 0 Å². The zero-order chi connectivity index (χ0) is 7.90. The Morgan fingerprint density at radius 2 is 2.36 bits per heavy atom. The zero-order valence-electron chi connectivity index (χ0n) is 6.17. The van der Waals surface area contributed by atoms with Gasteiger partial charge in [-0.05, 0) is 12.8 Å². The van der Waals surface area contributed by atoms with E-state index in [1.165, 1.54) is 5.01 Å². The van der Waals surface area contributed by atoms with Crippen LogP contribution >= 0.6 is 0 Å². The second kappa shape index (κ2) is 2.04. The van der Waals surface area contributed by atoms with Gasteiger partial charge in [-0.15, -0.1) is 0 Å². The van der Waals surface area contributed by atoms with Crippen LogP contribution in [0.2, 0.25) is 0 Å². The Kier molecular flexibility index (Phi) is 1.26. The van der Waals surface area contributed by atoms with Crippen molar-refractivity contribution in [1.82, 2.24) is 10.4 Å². The van der Waals surface area contributed by atoms with Gasteiger partial charge >= 0.3 is 0 Å². The molecule has 4 nitrogen and oxygen atoms in total. The summed E-state index contributed by atoms with van der Waals surface area (Å²) >= 11 is 0. The van der Waals surface area contributed by atoms with Crippen LogP contribution in [-0.2, 0) is 9.59 Å². The molecule has 1 saturated heterocycles. The van der Waals surface area contributed by atoms with Crippen molar-refractivity contribution in [2.75, 3.05) is 6.54 Å². The van der Waals surface area contributed by atoms with Gasteiger partial charge in [0, 0.05) is 12.0 Å². The molecule has 1 heterocycles. The molecule has 0 unspecified atom stereocenters. The summed E-state index contributed by atoms with van der Waals surface area (Å²) in [5.74, 6) is 0.0506. The van der Waals surface area contributed by atoms with Gasteiger partial charge in [0.2, 0.25) is 5.91 Å². The highest BCUT2D eigenvalue weighted by Crippen LogP contribution is 2.42. The van der Waals surface area contributed by atoms with E-state index in [-0.39, 0.29) is 18.0 Å². The highest BCUT2D eigenvalue weighted by Gasteiger charge is 2.51. The molecule has 1 saturated carbocycles. The molecule has 60 valence electrons. The number of amides is 1. The summed E-state index contributed by atoms with van der Waals surface area (Å²) in [5, 5.41) is 1.42. The molecule has 1 N–H and O–H groups in total. The third-order valence-electron chi connectivity index (χ3n) is 2.27. The first-order valence-electron chi connectivity index (χ1n) is 3.78. The maximum Gasteiger partial charge on any atom is 0.239 e. The van der Waals surface area contributed by atoms with Crippen molar-refractivity contribution >= 4 is 12.2 Å². The largest absolute Gasteiger partial charge is 0.301 e. The average molecular weight is 154 g/mol. The van der Waals surface area contributed by atoms with Crippen molar-refractivity contribution in [3.63, 3.8) is 0 Å². The molecule has 1 spiro atoms. The van der Waals surface area contributed by atoms with E-state index >= 15 is 0 Å².